The molecule has 0 aliphatic heterocycles. The first-order chi connectivity index (χ1) is 14.3. The van der Waals surface area contributed by atoms with Gasteiger partial charge in [0.2, 0.25) is 5.90 Å². The van der Waals surface area contributed by atoms with Gasteiger partial charge in [0.25, 0.3) is 0 Å². The summed E-state index contributed by atoms with van der Waals surface area (Å²) in [6.45, 7) is 0.0203. The highest BCUT2D eigenvalue weighted by atomic mass is 32.1. The van der Waals surface area contributed by atoms with E-state index < -0.39 is 11.1 Å². The largest absolute Gasteiger partial charge is 0.480 e. The highest BCUT2D eigenvalue weighted by Crippen LogP contribution is 2.43. The van der Waals surface area contributed by atoms with Crippen molar-refractivity contribution in [1.82, 2.24) is 0 Å². The third-order valence-corrected chi connectivity index (χ3v) is 5.49. The maximum absolute atomic E-state index is 13.6. The minimum Gasteiger partial charge on any atom is -0.480 e. The molecule has 0 fully saturated rings. The van der Waals surface area contributed by atoms with Crippen LogP contribution in [0.2, 0.25) is 0 Å². The number of ether oxygens (including phenoxy) is 1. The summed E-state index contributed by atoms with van der Waals surface area (Å²) < 4.78 is 46.1. The molecule has 0 bridgehead atoms. The molecule has 30 heavy (non-hydrogen) atoms. The van der Waals surface area contributed by atoms with E-state index in [1.54, 1.807) is 54.6 Å². The molecule has 1 heterocycles. The van der Waals surface area contributed by atoms with Gasteiger partial charge in [-0.05, 0) is 23.6 Å². The number of aliphatic imine (C=N–C) groups is 1. The molecule has 0 saturated carbocycles. The summed E-state index contributed by atoms with van der Waals surface area (Å²) in [5.41, 5.74) is 1.89. The number of aliphatic hydroxyl groups excluding tert-OH is 1. The average Bonchev–Trinajstić information content (AvgIpc) is 3.19. The Kier molecular flexibility index (Phi) is 6.69. The zero-order valence-electron chi connectivity index (χ0n) is 16.0. The molecule has 0 atom stereocenters. The van der Waals surface area contributed by atoms with Crippen LogP contribution in [0.4, 0.5) is 13.2 Å². The molecule has 3 rings (SSSR count). The lowest BCUT2D eigenvalue weighted by Crippen LogP contribution is -2.07. The fraction of sp³-hybridized carbons (Fsp3) is 0.182. The number of nitrogens with one attached hydrogen (secondary N) is 1. The second kappa shape index (κ2) is 9.23. The molecule has 8 heteroatoms. The van der Waals surface area contributed by atoms with Crippen LogP contribution in [0.25, 0.3) is 11.1 Å². The van der Waals surface area contributed by atoms with E-state index in [0.717, 1.165) is 5.56 Å². The Morgan fingerprint density at radius 1 is 1.10 bits per heavy atom. The van der Waals surface area contributed by atoms with Gasteiger partial charge in [-0.1, -0.05) is 54.6 Å². The molecule has 4 nitrogen and oxygen atoms in total. The summed E-state index contributed by atoms with van der Waals surface area (Å²) in [5.74, 6) is -0.192. The average molecular weight is 432 g/mol. The SMILES string of the molecule is COC(=NC(=N)c1ccc(CCO)cc1)c1cc(-c2ccccc2)c(C(F)(F)F)s1. The van der Waals surface area contributed by atoms with Gasteiger partial charge < -0.3 is 9.84 Å². The molecule has 0 amide bonds. The molecule has 1 aromatic heterocycles. The molecule has 2 N–H and O–H groups in total. The zero-order chi connectivity index (χ0) is 21.7. The highest BCUT2D eigenvalue weighted by Gasteiger charge is 2.37. The number of hydrogen-bond donors (Lipinski definition) is 2. The van der Waals surface area contributed by atoms with E-state index in [1.807, 2.05) is 0 Å². The van der Waals surface area contributed by atoms with Gasteiger partial charge in [-0.3, -0.25) is 5.41 Å². The Morgan fingerprint density at radius 2 is 1.77 bits per heavy atom. The van der Waals surface area contributed by atoms with Crippen LogP contribution in [0.1, 0.15) is 20.9 Å². The molecular formula is C22H19F3N2O2S. The Balaban J connectivity index is 1.98. The number of benzene rings is 2. The molecule has 156 valence electrons. The molecule has 0 radical (unpaired) electrons. The molecule has 0 spiro atoms. The van der Waals surface area contributed by atoms with Crippen molar-refractivity contribution in [3.05, 3.63) is 81.5 Å². The number of alkyl halides is 3. The van der Waals surface area contributed by atoms with Crippen LogP contribution in [0.5, 0.6) is 0 Å². The summed E-state index contributed by atoms with van der Waals surface area (Å²) in [7, 11) is 1.31. The van der Waals surface area contributed by atoms with Gasteiger partial charge in [0, 0.05) is 17.7 Å². The first-order valence-corrected chi connectivity index (χ1v) is 9.83. The van der Waals surface area contributed by atoms with Crippen LogP contribution < -0.4 is 0 Å². The minimum atomic E-state index is -4.52. The highest BCUT2D eigenvalue weighted by molar-refractivity contribution is 7.14. The van der Waals surface area contributed by atoms with Crippen LogP contribution in [-0.2, 0) is 17.3 Å². The molecule has 0 unspecified atom stereocenters. The molecule has 0 saturated heterocycles. The predicted octanol–water partition coefficient (Wildman–Crippen LogP) is 5.39. The maximum atomic E-state index is 13.6. The number of amidine groups is 1. The summed E-state index contributed by atoms with van der Waals surface area (Å²) in [6.07, 6.45) is -4.03. The van der Waals surface area contributed by atoms with Crippen molar-refractivity contribution in [2.75, 3.05) is 13.7 Å². The van der Waals surface area contributed by atoms with Gasteiger partial charge in [-0.25, -0.2) is 0 Å². The van der Waals surface area contributed by atoms with Gasteiger partial charge in [-0.2, -0.15) is 18.2 Å². The van der Waals surface area contributed by atoms with Crippen LogP contribution in [0.3, 0.4) is 0 Å². The van der Waals surface area contributed by atoms with Gasteiger partial charge in [0.15, 0.2) is 5.84 Å². The predicted molar refractivity (Wildman–Crippen MR) is 112 cm³/mol. The van der Waals surface area contributed by atoms with E-state index in [0.29, 0.717) is 28.9 Å². The molecule has 3 aromatic rings. The van der Waals surface area contributed by atoms with Crippen molar-refractivity contribution < 1.29 is 23.0 Å². The smallest absolute Gasteiger partial charge is 0.426 e. The fourth-order valence-corrected chi connectivity index (χ4v) is 3.88. The molecular weight excluding hydrogens is 413 g/mol. The third kappa shape index (κ3) is 4.95. The summed E-state index contributed by atoms with van der Waals surface area (Å²) in [6, 6.07) is 16.6. The lowest BCUT2D eigenvalue weighted by molar-refractivity contribution is -0.133. The van der Waals surface area contributed by atoms with Crippen molar-refractivity contribution in [3.8, 4) is 11.1 Å². The molecule has 0 aliphatic rings. The van der Waals surface area contributed by atoms with Crippen molar-refractivity contribution in [2.24, 2.45) is 4.99 Å². The fourth-order valence-electron chi connectivity index (χ4n) is 2.86. The van der Waals surface area contributed by atoms with Crippen LogP contribution in [0.15, 0.2) is 65.7 Å². The van der Waals surface area contributed by atoms with Crippen molar-refractivity contribution in [1.29, 1.82) is 5.41 Å². The third-order valence-electron chi connectivity index (χ3n) is 4.32. The number of methoxy groups -OCH3 is 1. The minimum absolute atomic E-state index is 0.0203. The van der Waals surface area contributed by atoms with E-state index in [-0.39, 0.29) is 28.8 Å². The van der Waals surface area contributed by atoms with Crippen molar-refractivity contribution in [3.63, 3.8) is 0 Å². The van der Waals surface area contributed by atoms with E-state index in [2.05, 4.69) is 4.99 Å². The first kappa shape index (κ1) is 21.7. The second-order valence-corrected chi connectivity index (χ2v) is 7.41. The van der Waals surface area contributed by atoms with Crippen molar-refractivity contribution >= 4 is 23.1 Å². The Hall–Kier alpha value is -2.97. The summed E-state index contributed by atoms with van der Waals surface area (Å²) in [5, 5.41) is 17.2. The second-order valence-electron chi connectivity index (χ2n) is 6.36. The van der Waals surface area contributed by atoms with E-state index >= 15 is 0 Å². The van der Waals surface area contributed by atoms with Gasteiger partial charge in [-0.15, -0.1) is 11.3 Å². The summed E-state index contributed by atoms with van der Waals surface area (Å²) >= 11 is 0.535. The standard InChI is InChI=1S/C22H19F3N2O2S/c1-29-21(27-20(26)16-9-7-14(8-10-16)11-12-28)18-13-17(15-5-3-2-4-6-15)19(30-18)22(23,24)25/h2-10,13,26,28H,11-12H2,1H3. The molecule has 2 aromatic carbocycles. The number of rotatable bonds is 5. The number of thiophene rings is 1. The van der Waals surface area contributed by atoms with Gasteiger partial charge >= 0.3 is 6.18 Å². The number of aliphatic hydroxyl groups is 1. The summed E-state index contributed by atoms with van der Waals surface area (Å²) in [4.78, 5) is 3.56. The van der Waals surface area contributed by atoms with E-state index in [1.165, 1.54) is 13.2 Å². The number of nitrogens with zero attached hydrogens (tertiary/aromatic N) is 1. The van der Waals surface area contributed by atoms with Crippen molar-refractivity contribution in [2.45, 2.75) is 12.6 Å². The molecule has 0 aliphatic carbocycles. The monoisotopic (exact) mass is 432 g/mol. The topological polar surface area (TPSA) is 65.7 Å². The number of hydrogen-bond acceptors (Lipinski definition) is 4. The Bertz CT molecular complexity index is 1040. The van der Waals surface area contributed by atoms with Crippen LogP contribution in [-0.4, -0.2) is 30.6 Å². The lowest BCUT2D eigenvalue weighted by Gasteiger charge is -2.07. The number of halogens is 3. The van der Waals surface area contributed by atoms with E-state index in [9.17, 15) is 13.2 Å². The van der Waals surface area contributed by atoms with Gasteiger partial charge in [0.05, 0.1) is 12.0 Å². The normalized spacial score (nSPS) is 12.1. The lowest BCUT2D eigenvalue weighted by atomic mass is 10.1. The quantitative estimate of drug-likeness (QED) is 0.420. The Morgan fingerprint density at radius 3 is 2.33 bits per heavy atom. The zero-order valence-corrected chi connectivity index (χ0v) is 16.8. The van der Waals surface area contributed by atoms with Crippen LogP contribution >= 0.6 is 11.3 Å². The van der Waals surface area contributed by atoms with Gasteiger partial charge in [0.1, 0.15) is 4.88 Å². The van der Waals surface area contributed by atoms with E-state index in [4.69, 9.17) is 15.3 Å². The maximum Gasteiger partial charge on any atom is 0.426 e. The first-order valence-electron chi connectivity index (χ1n) is 9.01. The van der Waals surface area contributed by atoms with Crippen LogP contribution in [0, 0.1) is 5.41 Å². The Labute approximate surface area is 175 Å².